The largest absolute Gasteiger partial charge is 0.505 e. The van der Waals surface area contributed by atoms with Crippen LogP contribution in [0.2, 0.25) is 10.0 Å². The number of aliphatic hydroxyl groups excluding tert-OH is 6. The number of ether oxygens (including phenoxy) is 22. The maximum atomic E-state index is 13.5. The van der Waals surface area contributed by atoms with Gasteiger partial charge in [-0.1, -0.05) is 23.2 Å². The van der Waals surface area contributed by atoms with E-state index in [9.17, 15) is 45.6 Å². The molecule has 10 aliphatic rings. The Kier molecular flexibility index (Phi) is 20.5. The number of carbonyl (C=O) groups is 1. The molecule has 3 unspecified atom stereocenters. The van der Waals surface area contributed by atoms with E-state index in [-0.39, 0.29) is 66.2 Å². The van der Waals surface area contributed by atoms with Gasteiger partial charge in [-0.25, -0.2) is 4.79 Å². The Bertz CT molecular complexity index is 2660. The van der Waals surface area contributed by atoms with Crippen LogP contribution in [0, 0.1) is 6.92 Å². The number of fused-ring (bicyclic) bond motifs is 4. The first-order valence-corrected chi connectivity index (χ1v) is 30.8. The fourth-order valence-electron chi connectivity index (χ4n) is 14.3. The van der Waals surface area contributed by atoms with Gasteiger partial charge in [0.2, 0.25) is 0 Å². The van der Waals surface area contributed by atoms with Crippen LogP contribution in [0.1, 0.15) is 83.7 Å². The summed E-state index contributed by atoms with van der Waals surface area (Å²) in [6.07, 6.45) is -33.3. The second-order valence-corrected chi connectivity index (χ2v) is 25.6. The van der Waals surface area contributed by atoms with E-state index in [4.69, 9.17) is 127 Å². The maximum absolute atomic E-state index is 13.5. The zero-order chi connectivity index (χ0) is 65.0. The van der Waals surface area contributed by atoms with E-state index < -0.39 is 207 Å². The zero-order valence-electron chi connectivity index (χ0n) is 51.6. The lowest BCUT2D eigenvalue weighted by Crippen LogP contribution is -2.72. The highest BCUT2D eigenvalue weighted by atomic mass is 35.5. The molecule has 10 fully saturated rings. The Morgan fingerprint density at radius 1 is 0.667 bits per heavy atom. The van der Waals surface area contributed by atoms with Gasteiger partial charge in [-0.2, -0.15) is 0 Å². The lowest BCUT2D eigenvalue weighted by molar-refractivity contribution is -0.439. The second-order valence-electron chi connectivity index (χ2n) is 24.8. The topological polar surface area (TPSA) is 382 Å². The molecule has 1 aromatic rings. The van der Waals surface area contributed by atoms with Gasteiger partial charge in [-0.15, -0.1) is 0 Å². The third-order valence-electron chi connectivity index (χ3n) is 18.8. The molecule has 31 nitrogen and oxygen atoms in total. The van der Waals surface area contributed by atoms with Crippen LogP contribution in [0.5, 0.6) is 11.5 Å². The predicted octanol–water partition coefficient (Wildman–Crippen LogP) is -0.363. The number of halogens is 2. The molecule has 0 aromatic heterocycles. The van der Waals surface area contributed by atoms with E-state index in [1.807, 2.05) is 0 Å². The highest BCUT2D eigenvalue weighted by Gasteiger charge is 2.72. The number of aliphatic hydroxyl groups is 7. The summed E-state index contributed by atoms with van der Waals surface area (Å²) in [4.78, 5) is 13.5. The van der Waals surface area contributed by atoms with Crippen molar-refractivity contribution in [1.82, 2.24) is 0 Å². The summed E-state index contributed by atoms with van der Waals surface area (Å²) in [5, 5.41) is 91.0. The number of benzene rings is 1. The Hall–Kier alpha value is -2.21. The molecule has 10 saturated heterocycles. The van der Waals surface area contributed by atoms with Crippen molar-refractivity contribution in [3.63, 3.8) is 0 Å². The fourth-order valence-corrected chi connectivity index (χ4v) is 14.8. The Morgan fingerprint density at radius 3 is 2.02 bits per heavy atom. The van der Waals surface area contributed by atoms with E-state index in [2.05, 4.69) is 0 Å². The van der Waals surface area contributed by atoms with E-state index in [1.165, 1.54) is 49.2 Å². The SMILES string of the molecule is COC[C@H]1O[C@@H](O[C@@H]2OC[C@@H]3O[C@]4(O[C@H]3[C@H]2O)O[C@H](C)[C@@](O)(C(C)O)C2OCO[C@H]24)[C@@H](OC)[C@@H](O)[C@@H]1O[C@@H]1O[C@H](C)[C@H](OC)[C@H](O[C@H]2C[C@@]3(C)OC4(C[C@@H](O)[C@H](O[C@H]5C[C@@H](O)[C@H](OC(=O)c6c(C)c(Cl)c(O)c(Cl)c6OC)[C@@H](C)O5)[C@@H](C)O4)O[C@@H]3[C@@H](C)O2)[C@H]1O. The van der Waals surface area contributed by atoms with E-state index in [1.54, 1.807) is 34.6 Å². The predicted molar refractivity (Wildman–Crippen MR) is 295 cm³/mol. The van der Waals surface area contributed by atoms with E-state index in [0.29, 0.717) is 0 Å². The molecule has 0 saturated carbocycles. The molecule has 90 heavy (non-hydrogen) atoms. The average Bonchev–Trinajstić information content (AvgIpc) is 1.53. The molecule has 11 rings (SSSR count). The van der Waals surface area contributed by atoms with Gasteiger partial charge in [-0.05, 0) is 61.0 Å². The van der Waals surface area contributed by atoms with Gasteiger partial charge in [0, 0.05) is 34.2 Å². The van der Waals surface area contributed by atoms with Crippen LogP contribution in [0.25, 0.3) is 0 Å². The molecular weight excluding hydrogens is 1250 g/mol. The van der Waals surface area contributed by atoms with E-state index in [0.717, 1.165) is 0 Å². The molecule has 2 spiro atoms. The molecule has 10 aliphatic heterocycles. The lowest BCUT2D eigenvalue weighted by Gasteiger charge is -2.51. The Balaban J connectivity index is 0.701. The van der Waals surface area contributed by atoms with Crippen LogP contribution >= 0.6 is 23.2 Å². The highest BCUT2D eigenvalue weighted by Crippen LogP contribution is 2.53. The lowest BCUT2D eigenvalue weighted by atomic mass is 9.80. The number of esters is 1. The molecule has 0 radical (unpaired) electrons. The molecule has 10 heterocycles. The van der Waals surface area contributed by atoms with Crippen molar-refractivity contribution < 1.29 is 150 Å². The average molecular weight is 1340 g/mol. The van der Waals surface area contributed by atoms with Crippen molar-refractivity contribution in [3.05, 3.63) is 21.2 Å². The van der Waals surface area contributed by atoms with Gasteiger partial charge in [0.25, 0.3) is 5.97 Å². The first-order valence-electron chi connectivity index (χ1n) is 30.0. The molecule has 32 atom stereocenters. The first-order chi connectivity index (χ1) is 42.6. The number of phenolic OH excluding ortho intramolecular Hbond substituents is 1. The number of rotatable bonds is 16. The van der Waals surface area contributed by atoms with Gasteiger partial charge >= 0.3 is 11.9 Å². The molecule has 0 aliphatic carbocycles. The summed E-state index contributed by atoms with van der Waals surface area (Å²) in [5.74, 6) is -5.34. The third kappa shape index (κ3) is 12.2. The monoisotopic (exact) mass is 1330 g/mol. The van der Waals surface area contributed by atoms with E-state index >= 15 is 0 Å². The summed E-state index contributed by atoms with van der Waals surface area (Å²) in [7, 11) is 5.38. The second kappa shape index (κ2) is 26.7. The molecule has 1 aromatic carbocycles. The smallest absolute Gasteiger partial charge is 0.342 e. The summed E-state index contributed by atoms with van der Waals surface area (Å²) in [6.45, 7) is 12.2. The van der Waals surface area contributed by atoms with Gasteiger partial charge < -0.3 is 145 Å². The van der Waals surface area contributed by atoms with Crippen molar-refractivity contribution in [3.8, 4) is 11.5 Å². The minimum atomic E-state index is -1.98. The van der Waals surface area contributed by atoms with Gasteiger partial charge in [0.05, 0.1) is 80.6 Å². The molecular formula is C57H84Cl2O31. The molecule has 33 heteroatoms. The van der Waals surface area contributed by atoms with Gasteiger partial charge in [-0.3, -0.25) is 0 Å². The number of methoxy groups -OCH3 is 4. The summed E-state index contributed by atoms with van der Waals surface area (Å²) in [5.41, 5.74) is -3.08. The van der Waals surface area contributed by atoms with Crippen molar-refractivity contribution in [2.24, 2.45) is 0 Å². The van der Waals surface area contributed by atoms with Gasteiger partial charge in [0.15, 0.2) is 55.2 Å². The van der Waals surface area contributed by atoms with Crippen molar-refractivity contribution in [1.29, 1.82) is 0 Å². The van der Waals surface area contributed by atoms with Crippen LogP contribution in [-0.4, -0.2) is 290 Å². The number of phenols is 1. The van der Waals surface area contributed by atoms with Crippen molar-refractivity contribution in [2.75, 3.05) is 48.4 Å². The highest BCUT2D eigenvalue weighted by molar-refractivity contribution is 6.39. The number of carbonyl (C=O) groups excluding carboxylic acids is 1. The third-order valence-corrected chi connectivity index (χ3v) is 19.7. The Morgan fingerprint density at radius 2 is 1.36 bits per heavy atom. The van der Waals surface area contributed by atoms with Crippen LogP contribution in [0.4, 0.5) is 0 Å². The molecule has 512 valence electrons. The fraction of sp³-hybridized carbons (Fsp3) is 0.877. The quantitative estimate of drug-likeness (QED) is 0.0980. The summed E-state index contributed by atoms with van der Waals surface area (Å²) >= 11 is 12.5. The Labute approximate surface area is 528 Å². The molecule has 0 bridgehead atoms. The van der Waals surface area contributed by atoms with Crippen LogP contribution < -0.4 is 4.74 Å². The standard InChI is InChI=1S/C57H84Cl2O31/c1-19-32(44(71-11)34(59)35(63)33(19)58)50(67)82-39-20(2)76-30(13-26(39)61)80-40-22(4)85-55(14-27(40)62)89-47-23(5)77-31(15-54(47,8)90-55)81-45-38(66)52(78-21(3)41(45)70-10)83-42-28(16-69-9)79-53(46(72-12)36(42)64)84-51-37(65)43-29(17-73-51)87-57(88-43)49-48(74-18-75-49)56(68,24(6)60)25(7)86-57/h20-31,36-43,45-49,51-53,60-66,68H,13-18H2,1-12H3/t20-,21-,22-,23-,24?,25-,26-,27-,28-,29+,30+,31+,36+,37-,38-,39-,40-,41+,42-,43-,45-,46+,47-,48?,49-,51+,52+,53+,54-,55?,56+,57-/m1/s1. The number of hydrogen-bond acceptors (Lipinski definition) is 31. The summed E-state index contributed by atoms with van der Waals surface area (Å²) in [6, 6.07) is 0. The summed E-state index contributed by atoms with van der Waals surface area (Å²) < 4.78 is 134. The van der Waals surface area contributed by atoms with Crippen LogP contribution in [-0.2, 0) is 99.5 Å². The number of hydrogen-bond donors (Lipinski definition) is 8. The molecule has 8 N–H and O–H groups in total. The van der Waals surface area contributed by atoms with Crippen LogP contribution in [0.3, 0.4) is 0 Å². The minimum absolute atomic E-state index is 0.0169. The number of aromatic hydroxyl groups is 1. The van der Waals surface area contributed by atoms with Crippen molar-refractivity contribution in [2.45, 2.75) is 270 Å². The normalized spacial score (nSPS) is 49.7. The van der Waals surface area contributed by atoms with Crippen molar-refractivity contribution >= 4 is 29.2 Å². The zero-order valence-corrected chi connectivity index (χ0v) is 53.1. The molecule has 0 amide bonds. The first kappa shape index (κ1) is 69.2. The maximum Gasteiger partial charge on any atom is 0.342 e. The minimum Gasteiger partial charge on any atom is -0.505 e. The van der Waals surface area contributed by atoms with Gasteiger partial charge in [0.1, 0.15) is 108 Å². The van der Waals surface area contributed by atoms with Crippen LogP contribution in [0.15, 0.2) is 0 Å².